The van der Waals surface area contributed by atoms with Crippen LogP contribution in [-0.2, 0) is 17.1 Å². The molecule has 9 aromatic rings. The number of nitrogens with zero attached hydrogens (tertiary/aromatic N) is 12. The fraction of sp³-hybridized carbons (Fsp3) is 0.476. The van der Waals surface area contributed by atoms with Gasteiger partial charge in [0.05, 0.1) is 40.9 Å². The van der Waals surface area contributed by atoms with Gasteiger partial charge >= 0.3 is 12.4 Å². The van der Waals surface area contributed by atoms with E-state index in [1.54, 1.807) is 42.7 Å². The summed E-state index contributed by atoms with van der Waals surface area (Å²) in [5.74, 6) is 3.54. The number of halogens is 7. The van der Waals surface area contributed by atoms with Crippen molar-refractivity contribution in [2.45, 2.75) is 98.1 Å². The molecule has 89 heavy (non-hydrogen) atoms. The highest BCUT2D eigenvalue weighted by molar-refractivity contribution is 5.92. The van der Waals surface area contributed by atoms with Crippen LogP contribution in [-0.4, -0.2) is 132 Å². The molecule has 12 rings (SSSR count). The summed E-state index contributed by atoms with van der Waals surface area (Å²) in [5, 5.41) is 22.3. The van der Waals surface area contributed by atoms with Crippen molar-refractivity contribution in [3.8, 4) is 34.2 Å². The number of ether oxygens (including phenoxy) is 1. The summed E-state index contributed by atoms with van der Waals surface area (Å²) in [6.45, 7) is 18.8. The van der Waals surface area contributed by atoms with E-state index in [1.807, 2.05) is 30.9 Å². The molecular formula is C63H81F7N18O. The Kier molecular flexibility index (Phi) is 19.5. The fourth-order valence-electron chi connectivity index (χ4n) is 12.7. The van der Waals surface area contributed by atoms with Crippen molar-refractivity contribution in [2.24, 2.45) is 52.2 Å². The van der Waals surface area contributed by atoms with Crippen molar-refractivity contribution in [2.75, 3.05) is 73.7 Å². The molecule has 3 aliphatic rings. The van der Waals surface area contributed by atoms with Gasteiger partial charge in [-0.1, -0.05) is 41.5 Å². The molecule has 5 atom stereocenters. The first-order chi connectivity index (χ1) is 42.5. The highest BCUT2D eigenvalue weighted by atomic mass is 19.4. The van der Waals surface area contributed by atoms with Crippen molar-refractivity contribution in [3.63, 3.8) is 0 Å². The third-order valence-electron chi connectivity index (χ3n) is 17.1. The molecule has 9 N–H and O–H groups in total. The molecule has 0 amide bonds. The first-order valence-corrected chi connectivity index (χ1v) is 30.3. The number of morpholine rings is 1. The largest absolute Gasteiger partial charge is 0.418 e. The van der Waals surface area contributed by atoms with Crippen LogP contribution in [0, 0.1) is 40.8 Å². The monoisotopic (exact) mass is 1240 g/mol. The van der Waals surface area contributed by atoms with Crippen LogP contribution >= 0.6 is 0 Å². The summed E-state index contributed by atoms with van der Waals surface area (Å²) in [6, 6.07) is 18.5. The minimum absolute atomic E-state index is 0. The molecule has 0 spiro atoms. The van der Waals surface area contributed by atoms with Gasteiger partial charge in [0.15, 0.2) is 22.8 Å². The van der Waals surface area contributed by atoms with Gasteiger partial charge in [-0.15, -0.1) is 0 Å². The number of hydrogen-bond acceptors (Lipinski definition) is 16. The van der Waals surface area contributed by atoms with Crippen molar-refractivity contribution >= 4 is 50.6 Å². The smallest absolute Gasteiger partial charge is 0.373 e. The lowest BCUT2D eigenvalue weighted by Gasteiger charge is -2.44. The summed E-state index contributed by atoms with van der Waals surface area (Å²) in [7, 11) is 0. The second kappa shape index (κ2) is 27.0. The number of hydrogen-bond donors (Lipinski definition) is 6. The lowest BCUT2D eigenvalue weighted by atomic mass is 9.74. The van der Waals surface area contributed by atoms with E-state index in [-0.39, 0.29) is 60.6 Å². The molecule has 3 aliphatic heterocycles. The maximum Gasteiger partial charge on any atom is 0.418 e. The number of piperidine rings is 2. The Morgan fingerprint density at radius 3 is 1.60 bits per heavy atom. The van der Waals surface area contributed by atoms with E-state index >= 15 is 0 Å². The molecule has 0 aromatic carbocycles. The van der Waals surface area contributed by atoms with Crippen LogP contribution in [0.3, 0.4) is 0 Å². The van der Waals surface area contributed by atoms with Crippen molar-refractivity contribution in [1.29, 1.82) is 0 Å². The molecule has 0 bridgehead atoms. The van der Waals surface area contributed by atoms with Gasteiger partial charge in [0.25, 0.3) is 0 Å². The topological polar surface area (TPSA) is 260 Å². The number of aromatic nitrogens is 12. The minimum atomic E-state index is -4.56. The van der Waals surface area contributed by atoms with Crippen LogP contribution in [0.4, 0.5) is 48.2 Å². The summed E-state index contributed by atoms with van der Waals surface area (Å²) in [4.78, 5) is 32.2. The first kappa shape index (κ1) is 64.1. The van der Waals surface area contributed by atoms with E-state index in [0.717, 1.165) is 81.6 Å². The maximum absolute atomic E-state index is 14.6. The molecule has 3 fully saturated rings. The van der Waals surface area contributed by atoms with Crippen LogP contribution in [0.2, 0.25) is 0 Å². The highest BCUT2D eigenvalue weighted by Gasteiger charge is 2.40. The zero-order valence-corrected chi connectivity index (χ0v) is 50.8. The molecule has 19 nitrogen and oxygen atoms in total. The van der Waals surface area contributed by atoms with Gasteiger partial charge in [-0.25, -0.2) is 34.3 Å². The van der Waals surface area contributed by atoms with E-state index in [2.05, 4.69) is 98.0 Å². The van der Waals surface area contributed by atoms with E-state index in [1.165, 1.54) is 24.4 Å². The standard InChI is InChI=1S/C22H27F3N6.C21H27FN6.C20H23F3N6O.2H2/c1-13(2)10-15-12-31(9-7-14(15)11-26)18-6-5-17(22(23,24)25)20(28-18)19-16-4-3-8-27-21(16)30-29-19;1-14(2)11-21(12-23)8-4-10-28(13-21)17-7-6-16(22)19(25-17)18-15-5-3-9-24-20(15)27-26-18;1-11(2)16(24)14-10-29(8-9-30-14)15-6-5-13(20(21,22)23)18(26-15)17-12-4-3-7-25-19(12)28-27-17;;/h3-6,8,13-15H,7,9-12,26H2,1-2H3,(H,27,29,30);3,5-7,9,14H,4,8,10-13,23H2,1-2H3,(H,24,26,27);3-7,11,14,16H,8-10,24H2,1-2H3,(H,25,27,28);2*1H. The SMILES string of the molecule is CC(C)C(N)C1CN(c2ccc(C(F)(F)F)c(-c3[nH]nc4ncccc34)n2)CCO1.CC(C)CC1(CN)CCCN(c2ccc(F)c(-c3[nH]nc4ncccc34)n2)C1.CC(C)CC1CN(c2ccc(C(F)(F)F)c(-c3[nH]nc4ncccc34)n2)CCC1CN.[HH].[HH]. The normalized spacial score (nSPS) is 19.7. The summed E-state index contributed by atoms with van der Waals surface area (Å²) >= 11 is 0. The minimum Gasteiger partial charge on any atom is -0.373 e. The van der Waals surface area contributed by atoms with Gasteiger partial charge in [0, 0.05) is 88.3 Å². The molecular weight excluding hydrogens is 1160 g/mol. The third-order valence-corrected chi connectivity index (χ3v) is 17.1. The lowest BCUT2D eigenvalue weighted by molar-refractivity contribution is -0.138. The Hall–Kier alpha value is -7.94. The number of fused-ring (bicyclic) bond motifs is 3. The Bertz CT molecular complexity index is 3840. The molecule has 5 unspecified atom stereocenters. The van der Waals surface area contributed by atoms with Gasteiger partial charge in [-0.3, -0.25) is 15.3 Å². The van der Waals surface area contributed by atoms with Crippen LogP contribution in [0.5, 0.6) is 0 Å². The quantitative estimate of drug-likeness (QED) is 0.0553. The first-order valence-electron chi connectivity index (χ1n) is 30.3. The number of pyridine rings is 6. The molecule has 26 heteroatoms. The zero-order chi connectivity index (χ0) is 63.4. The van der Waals surface area contributed by atoms with Crippen LogP contribution in [0.15, 0.2) is 91.4 Å². The van der Waals surface area contributed by atoms with Crippen LogP contribution in [0.25, 0.3) is 67.3 Å². The molecule has 0 aliphatic carbocycles. The van der Waals surface area contributed by atoms with Crippen LogP contribution in [0.1, 0.15) is 87.6 Å². The molecule has 0 saturated carbocycles. The Morgan fingerprint density at radius 2 is 1.11 bits per heavy atom. The molecule has 12 heterocycles. The predicted octanol–water partition coefficient (Wildman–Crippen LogP) is 12.0. The van der Waals surface area contributed by atoms with Gasteiger partial charge in [-0.2, -0.15) is 41.6 Å². The number of alkyl halides is 6. The fourth-order valence-corrected chi connectivity index (χ4v) is 12.7. The second-order valence-corrected chi connectivity index (χ2v) is 24.7. The van der Waals surface area contributed by atoms with Crippen LogP contribution < -0.4 is 31.9 Å². The number of nitrogens with one attached hydrogen (secondary N) is 3. The maximum atomic E-state index is 14.6. The van der Waals surface area contributed by atoms with Gasteiger partial charge in [-0.05, 0) is 148 Å². The predicted molar refractivity (Wildman–Crippen MR) is 335 cm³/mol. The van der Waals surface area contributed by atoms with E-state index in [0.29, 0.717) is 102 Å². The highest BCUT2D eigenvalue weighted by Crippen LogP contribution is 2.42. The van der Waals surface area contributed by atoms with Crippen molar-refractivity contribution in [3.05, 3.63) is 108 Å². The lowest BCUT2D eigenvalue weighted by Crippen LogP contribution is -2.52. The molecule has 9 aromatic heterocycles. The average Bonchev–Trinajstić information content (AvgIpc) is 1.97. The number of H-pyrrole nitrogens is 3. The van der Waals surface area contributed by atoms with Gasteiger partial charge < -0.3 is 36.6 Å². The molecule has 0 radical (unpaired) electrons. The third kappa shape index (κ3) is 14.4. The number of anilines is 3. The summed E-state index contributed by atoms with van der Waals surface area (Å²) < 4.78 is 103. The Balaban J connectivity index is 0.000000174. The molecule has 478 valence electrons. The number of nitrogens with two attached hydrogens (primary N) is 3. The van der Waals surface area contributed by atoms with Gasteiger partial charge in [0.1, 0.15) is 34.5 Å². The number of aromatic amines is 3. The Morgan fingerprint density at radius 1 is 0.618 bits per heavy atom. The van der Waals surface area contributed by atoms with E-state index in [9.17, 15) is 30.7 Å². The van der Waals surface area contributed by atoms with Crippen molar-refractivity contribution in [1.82, 2.24) is 60.5 Å². The number of rotatable bonds is 14. The zero-order valence-electron chi connectivity index (χ0n) is 50.8. The summed E-state index contributed by atoms with van der Waals surface area (Å²) in [6.07, 6.45) is 0.659. The average molecular weight is 1240 g/mol. The van der Waals surface area contributed by atoms with E-state index < -0.39 is 23.5 Å². The Labute approximate surface area is 514 Å². The summed E-state index contributed by atoms with van der Waals surface area (Å²) in [5.41, 5.74) is 19.0. The second-order valence-electron chi connectivity index (χ2n) is 24.7. The molecule has 3 saturated heterocycles. The van der Waals surface area contributed by atoms with Crippen molar-refractivity contribution < 1.29 is 38.3 Å². The van der Waals surface area contributed by atoms with E-state index in [4.69, 9.17) is 21.9 Å². The van der Waals surface area contributed by atoms with Gasteiger partial charge in [0.2, 0.25) is 0 Å².